The van der Waals surface area contributed by atoms with Crippen molar-refractivity contribution in [3.05, 3.63) is 29.8 Å². The van der Waals surface area contributed by atoms with E-state index in [-0.39, 0.29) is 23.8 Å². The van der Waals surface area contributed by atoms with Crippen LogP contribution in [-0.2, 0) is 21.2 Å². The molecule has 0 aromatic heterocycles. The minimum atomic E-state index is -3.57. The summed E-state index contributed by atoms with van der Waals surface area (Å²) < 4.78 is 25.9. The lowest BCUT2D eigenvalue weighted by molar-refractivity contribution is -0.138. The van der Waals surface area contributed by atoms with Gasteiger partial charge in [0.05, 0.1) is 5.75 Å². The zero-order valence-electron chi connectivity index (χ0n) is 10.8. The van der Waals surface area contributed by atoms with Gasteiger partial charge in [-0.25, -0.2) is 13.1 Å². The van der Waals surface area contributed by atoms with Crippen LogP contribution in [0.25, 0.3) is 0 Å². The molecule has 7 heteroatoms. The van der Waals surface area contributed by atoms with E-state index in [0.717, 1.165) is 12.8 Å². The quantitative estimate of drug-likeness (QED) is 0.688. The van der Waals surface area contributed by atoms with Crippen LogP contribution >= 0.6 is 0 Å². The number of carboxylic acids is 1. The fourth-order valence-electron chi connectivity index (χ4n) is 1.91. The van der Waals surface area contributed by atoms with E-state index in [2.05, 4.69) is 4.72 Å². The summed E-state index contributed by atoms with van der Waals surface area (Å²) in [4.78, 5) is 11.2. The number of phenols is 1. The molecule has 1 atom stereocenters. The van der Waals surface area contributed by atoms with Crippen molar-refractivity contribution in [1.82, 2.24) is 4.72 Å². The third-order valence-electron chi connectivity index (χ3n) is 3.15. The van der Waals surface area contributed by atoms with Crippen LogP contribution in [-0.4, -0.2) is 36.4 Å². The first-order valence-electron chi connectivity index (χ1n) is 6.36. The molecule has 6 nitrogen and oxygen atoms in total. The molecule has 2 rings (SSSR count). The summed E-state index contributed by atoms with van der Waals surface area (Å²) in [7, 11) is -3.57. The van der Waals surface area contributed by atoms with Crippen LogP contribution in [0.15, 0.2) is 24.3 Å². The predicted molar refractivity (Wildman–Crippen MR) is 72.9 cm³/mol. The molecule has 1 aromatic rings. The number of aliphatic carboxylic acids is 1. The third-order valence-corrected chi connectivity index (χ3v) is 4.70. The lowest BCUT2D eigenvalue weighted by Gasteiger charge is -2.14. The van der Waals surface area contributed by atoms with Crippen molar-refractivity contribution in [3.63, 3.8) is 0 Å². The zero-order valence-corrected chi connectivity index (χ0v) is 11.6. The molecule has 1 aromatic carbocycles. The molecule has 1 fully saturated rings. The Morgan fingerprint density at radius 2 is 1.90 bits per heavy atom. The molecule has 110 valence electrons. The van der Waals surface area contributed by atoms with Gasteiger partial charge in [-0.2, -0.15) is 0 Å². The molecule has 0 heterocycles. The van der Waals surface area contributed by atoms with Gasteiger partial charge in [0.15, 0.2) is 0 Å². The van der Waals surface area contributed by atoms with Gasteiger partial charge < -0.3 is 10.2 Å². The van der Waals surface area contributed by atoms with Gasteiger partial charge >= 0.3 is 5.97 Å². The molecule has 0 amide bonds. The summed E-state index contributed by atoms with van der Waals surface area (Å²) in [5.74, 6) is -0.977. The minimum Gasteiger partial charge on any atom is -0.508 e. The predicted octanol–water partition coefficient (Wildman–Crippen LogP) is 0.717. The molecule has 1 aliphatic rings. The molecule has 20 heavy (non-hydrogen) atoms. The first-order valence-corrected chi connectivity index (χ1v) is 8.01. The maximum atomic E-state index is 11.8. The van der Waals surface area contributed by atoms with Crippen molar-refractivity contribution in [1.29, 1.82) is 0 Å². The second-order valence-electron chi connectivity index (χ2n) is 5.10. The molecule has 0 unspecified atom stereocenters. The summed E-state index contributed by atoms with van der Waals surface area (Å²) >= 11 is 0. The molecular formula is C13H17NO5S. The number of benzene rings is 1. The molecular weight excluding hydrogens is 282 g/mol. The van der Waals surface area contributed by atoms with Crippen molar-refractivity contribution < 1.29 is 23.4 Å². The summed E-state index contributed by atoms with van der Waals surface area (Å²) in [6.45, 7) is 0. The number of sulfonamides is 1. The minimum absolute atomic E-state index is 0.00758. The highest BCUT2D eigenvalue weighted by atomic mass is 32.2. The highest BCUT2D eigenvalue weighted by molar-refractivity contribution is 7.89. The first kappa shape index (κ1) is 14.8. The van der Waals surface area contributed by atoms with Crippen molar-refractivity contribution in [2.75, 3.05) is 5.75 Å². The number of carboxylic acid groups (broad SMARTS) is 1. The molecule has 0 spiro atoms. The highest BCUT2D eigenvalue weighted by Crippen LogP contribution is 2.30. The van der Waals surface area contributed by atoms with E-state index in [0.29, 0.717) is 5.56 Å². The molecule has 3 N–H and O–H groups in total. The first-order chi connectivity index (χ1) is 9.35. The Labute approximate surface area is 117 Å². The number of phenolic OH excluding ortho intramolecular Hbond substituents is 1. The lowest BCUT2D eigenvalue weighted by Crippen LogP contribution is -2.43. The Morgan fingerprint density at radius 1 is 1.30 bits per heavy atom. The van der Waals surface area contributed by atoms with Crippen LogP contribution in [0, 0.1) is 5.92 Å². The van der Waals surface area contributed by atoms with E-state index >= 15 is 0 Å². The Hall–Kier alpha value is -1.60. The number of carbonyl (C=O) groups is 1. The second kappa shape index (κ2) is 5.80. The van der Waals surface area contributed by atoms with Crippen LogP contribution < -0.4 is 4.72 Å². The average molecular weight is 299 g/mol. The lowest BCUT2D eigenvalue weighted by atomic mass is 10.1. The smallest absolute Gasteiger partial charge is 0.322 e. The number of hydrogen-bond acceptors (Lipinski definition) is 4. The van der Waals surface area contributed by atoms with Crippen molar-refractivity contribution in [2.45, 2.75) is 25.3 Å². The summed E-state index contributed by atoms with van der Waals surface area (Å²) in [6, 6.07) is 4.82. The highest BCUT2D eigenvalue weighted by Gasteiger charge is 2.31. The Kier molecular flexibility index (Phi) is 4.29. The number of rotatable bonds is 7. The molecule has 0 saturated heterocycles. The molecule has 0 bridgehead atoms. The second-order valence-corrected chi connectivity index (χ2v) is 6.90. The molecule has 1 saturated carbocycles. The van der Waals surface area contributed by atoms with E-state index in [1.165, 1.54) is 12.1 Å². The summed E-state index contributed by atoms with van der Waals surface area (Å²) in [5.41, 5.74) is 0.643. The van der Waals surface area contributed by atoms with Gasteiger partial charge in [-0.3, -0.25) is 4.79 Å². The largest absolute Gasteiger partial charge is 0.508 e. The number of hydrogen-bond donors (Lipinski definition) is 3. The topological polar surface area (TPSA) is 104 Å². The van der Waals surface area contributed by atoms with Crippen LogP contribution in [0.4, 0.5) is 0 Å². The molecule has 0 aliphatic heterocycles. The van der Waals surface area contributed by atoms with Crippen LogP contribution in [0.2, 0.25) is 0 Å². The normalized spacial score (nSPS) is 16.8. The van der Waals surface area contributed by atoms with Gasteiger partial charge in [0.1, 0.15) is 11.8 Å². The van der Waals surface area contributed by atoms with Crippen molar-refractivity contribution in [2.24, 2.45) is 5.92 Å². The summed E-state index contributed by atoms with van der Waals surface area (Å²) in [5, 5.41) is 18.3. The van der Waals surface area contributed by atoms with Gasteiger partial charge in [0.25, 0.3) is 0 Å². The number of nitrogens with one attached hydrogen (secondary N) is 1. The van der Waals surface area contributed by atoms with E-state index in [1.54, 1.807) is 12.1 Å². The maximum Gasteiger partial charge on any atom is 0.322 e. The Bertz CT molecular complexity index is 577. The van der Waals surface area contributed by atoms with Crippen LogP contribution in [0.1, 0.15) is 18.4 Å². The Balaban J connectivity index is 2.03. The summed E-state index contributed by atoms with van der Waals surface area (Å²) in [6.07, 6.45) is 1.81. The third kappa shape index (κ3) is 4.50. The van der Waals surface area contributed by atoms with Gasteiger partial charge in [0, 0.05) is 0 Å². The Morgan fingerprint density at radius 3 is 2.40 bits per heavy atom. The monoisotopic (exact) mass is 299 g/mol. The van der Waals surface area contributed by atoms with Crippen LogP contribution in [0.5, 0.6) is 5.75 Å². The molecule has 0 radical (unpaired) electrons. The van der Waals surface area contributed by atoms with Crippen LogP contribution in [0.3, 0.4) is 0 Å². The van der Waals surface area contributed by atoms with Crippen molar-refractivity contribution in [3.8, 4) is 5.75 Å². The van der Waals surface area contributed by atoms with E-state index < -0.39 is 22.0 Å². The van der Waals surface area contributed by atoms with E-state index in [1.807, 2.05) is 0 Å². The fourth-order valence-corrected chi connectivity index (χ4v) is 3.57. The average Bonchev–Trinajstić information content (AvgIpc) is 3.14. The molecule has 1 aliphatic carbocycles. The maximum absolute atomic E-state index is 11.8. The zero-order chi connectivity index (χ0) is 14.8. The van der Waals surface area contributed by atoms with Gasteiger partial charge in [0.2, 0.25) is 10.0 Å². The van der Waals surface area contributed by atoms with Gasteiger partial charge in [-0.1, -0.05) is 12.1 Å². The van der Waals surface area contributed by atoms with Crippen molar-refractivity contribution >= 4 is 16.0 Å². The fraction of sp³-hybridized carbons (Fsp3) is 0.462. The van der Waals surface area contributed by atoms with Gasteiger partial charge in [-0.15, -0.1) is 0 Å². The SMILES string of the molecule is O=C(O)[C@H](Cc1ccc(O)cc1)NS(=O)(=O)CC1CC1. The van der Waals surface area contributed by atoms with E-state index in [4.69, 9.17) is 10.2 Å². The standard InChI is InChI=1S/C13H17NO5S/c15-11-5-3-9(4-6-11)7-12(13(16)17)14-20(18,19)8-10-1-2-10/h3-6,10,12,14-15H,1-2,7-8H2,(H,16,17)/t12-/m0/s1. The van der Waals surface area contributed by atoms with E-state index in [9.17, 15) is 13.2 Å². The van der Waals surface area contributed by atoms with Gasteiger partial charge in [-0.05, 0) is 42.9 Å². The number of aromatic hydroxyl groups is 1.